The van der Waals surface area contributed by atoms with E-state index < -0.39 is 0 Å². The normalized spacial score (nSPS) is 12.7. The summed E-state index contributed by atoms with van der Waals surface area (Å²) in [5, 5.41) is 3.41. The molecule has 15 heavy (non-hydrogen) atoms. The molecule has 1 aromatic rings. The number of aryl methyl sites for hydroxylation is 1. The van der Waals surface area contributed by atoms with Crippen LogP contribution in [0.15, 0.2) is 18.5 Å². The van der Waals surface area contributed by atoms with Crippen molar-refractivity contribution in [2.45, 2.75) is 26.8 Å². The number of pyridine rings is 1. The molecule has 0 aliphatic carbocycles. The Bertz CT molecular complexity index is 289. The summed E-state index contributed by atoms with van der Waals surface area (Å²) < 4.78 is 5.27. The molecule has 1 atom stereocenters. The highest BCUT2D eigenvalue weighted by Gasteiger charge is 2.06. The lowest BCUT2D eigenvalue weighted by molar-refractivity contribution is 0.147. The summed E-state index contributed by atoms with van der Waals surface area (Å²) in [5.74, 6) is 0. The molecule has 0 bridgehead atoms. The van der Waals surface area contributed by atoms with E-state index in [0.29, 0.717) is 6.04 Å². The van der Waals surface area contributed by atoms with Crippen LogP contribution in [0, 0.1) is 6.92 Å². The van der Waals surface area contributed by atoms with Gasteiger partial charge in [-0.05, 0) is 38.0 Å². The van der Waals surface area contributed by atoms with Gasteiger partial charge in [0, 0.05) is 31.6 Å². The zero-order chi connectivity index (χ0) is 11.1. The van der Waals surface area contributed by atoms with Gasteiger partial charge >= 0.3 is 0 Å². The van der Waals surface area contributed by atoms with Gasteiger partial charge in [0.25, 0.3) is 0 Å². The fourth-order valence-corrected chi connectivity index (χ4v) is 1.53. The van der Waals surface area contributed by atoms with E-state index in [9.17, 15) is 0 Å². The van der Waals surface area contributed by atoms with Gasteiger partial charge in [-0.2, -0.15) is 0 Å². The molecule has 0 aliphatic heterocycles. The number of ether oxygens (including phenoxy) is 1. The highest BCUT2D eigenvalue weighted by Crippen LogP contribution is 2.14. The number of nitrogens with zero attached hydrogens (tertiary/aromatic N) is 1. The lowest BCUT2D eigenvalue weighted by atomic mass is 10.1. The van der Waals surface area contributed by atoms with Crippen LogP contribution in [0.25, 0.3) is 0 Å². The van der Waals surface area contributed by atoms with Crippen LogP contribution in [0.2, 0.25) is 0 Å². The van der Waals surface area contributed by atoms with Crippen molar-refractivity contribution < 1.29 is 4.74 Å². The summed E-state index contributed by atoms with van der Waals surface area (Å²) in [7, 11) is 0. The van der Waals surface area contributed by atoms with Crippen LogP contribution < -0.4 is 5.32 Å². The molecule has 0 aliphatic rings. The maximum absolute atomic E-state index is 5.27. The predicted octanol–water partition coefficient (Wildman–Crippen LogP) is 2.08. The van der Waals surface area contributed by atoms with Crippen molar-refractivity contribution >= 4 is 0 Å². The number of aromatic nitrogens is 1. The Morgan fingerprint density at radius 1 is 1.53 bits per heavy atom. The summed E-state index contributed by atoms with van der Waals surface area (Å²) in [6, 6.07) is 2.37. The second-order valence-corrected chi connectivity index (χ2v) is 3.60. The molecule has 0 fully saturated rings. The molecule has 0 spiro atoms. The quantitative estimate of drug-likeness (QED) is 0.727. The first-order valence-corrected chi connectivity index (χ1v) is 5.47. The topological polar surface area (TPSA) is 34.1 Å². The van der Waals surface area contributed by atoms with E-state index in [1.807, 2.05) is 25.4 Å². The summed E-state index contributed by atoms with van der Waals surface area (Å²) >= 11 is 0. The zero-order valence-electron chi connectivity index (χ0n) is 9.79. The zero-order valence-corrected chi connectivity index (χ0v) is 9.79. The number of nitrogens with one attached hydrogen (secondary N) is 1. The third-order valence-electron chi connectivity index (χ3n) is 2.45. The average molecular weight is 208 g/mol. The van der Waals surface area contributed by atoms with Crippen molar-refractivity contribution in [3.8, 4) is 0 Å². The SMILES string of the molecule is CCOCCNC(C)c1cnccc1C. The van der Waals surface area contributed by atoms with E-state index in [2.05, 4.69) is 24.1 Å². The van der Waals surface area contributed by atoms with Crippen molar-refractivity contribution in [1.29, 1.82) is 0 Å². The van der Waals surface area contributed by atoms with Crippen LogP contribution in [-0.2, 0) is 4.74 Å². The summed E-state index contributed by atoms with van der Waals surface area (Å²) in [5.41, 5.74) is 2.54. The van der Waals surface area contributed by atoms with Gasteiger partial charge in [-0.25, -0.2) is 0 Å². The lowest BCUT2D eigenvalue weighted by Crippen LogP contribution is -2.23. The molecule has 3 heteroatoms. The molecule has 1 rings (SSSR count). The van der Waals surface area contributed by atoms with E-state index in [1.54, 1.807) is 0 Å². The fourth-order valence-electron chi connectivity index (χ4n) is 1.53. The van der Waals surface area contributed by atoms with Gasteiger partial charge < -0.3 is 10.1 Å². The molecule has 1 aromatic heterocycles. The maximum atomic E-state index is 5.27. The lowest BCUT2D eigenvalue weighted by Gasteiger charge is -2.15. The van der Waals surface area contributed by atoms with Crippen LogP contribution in [0.1, 0.15) is 31.0 Å². The first kappa shape index (κ1) is 12.1. The van der Waals surface area contributed by atoms with E-state index in [4.69, 9.17) is 4.74 Å². The monoisotopic (exact) mass is 208 g/mol. The van der Waals surface area contributed by atoms with Crippen molar-refractivity contribution in [2.75, 3.05) is 19.8 Å². The Labute approximate surface area is 91.9 Å². The standard InChI is InChI=1S/C12H20N2O/c1-4-15-8-7-14-11(3)12-9-13-6-5-10(12)2/h5-6,9,11,14H,4,7-8H2,1-3H3. The Kier molecular flexibility index (Phi) is 5.29. The van der Waals surface area contributed by atoms with E-state index >= 15 is 0 Å². The molecule has 84 valence electrons. The van der Waals surface area contributed by atoms with E-state index in [1.165, 1.54) is 11.1 Å². The second kappa shape index (κ2) is 6.53. The summed E-state index contributed by atoms with van der Waals surface area (Å²) in [4.78, 5) is 4.14. The van der Waals surface area contributed by atoms with E-state index in [-0.39, 0.29) is 0 Å². The smallest absolute Gasteiger partial charge is 0.0590 e. The van der Waals surface area contributed by atoms with Gasteiger partial charge in [0.05, 0.1) is 6.61 Å². The molecule has 0 amide bonds. The molecular formula is C12H20N2O. The van der Waals surface area contributed by atoms with Crippen LogP contribution >= 0.6 is 0 Å². The average Bonchev–Trinajstić information content (AvgIpc) is 2.25. The number of rotatable bonds is 6. The van der Waals surface area contributed by atoms with Crippen LogP contribution in [-0.4, -0.2) is 24.7 Å². The Balaban J connectivity index is 2.40. The summed E-state index contributed by atoms with van der Waals surface area (Å²) in [6.45, 7) is 8.69. The summed E-state index contributed by atoms with van der Waals surface area (Å²) in [6.07, 6.45) is 3.75. The van der Waals surface area contributed by atoms with Gasteiger partial charge in [0.1, 0.15) is 0 Å². The highest BCUT2D eigenvalue weighted by atomic mass is 16.5. The number of hydrogen-bond donors (Lipinski definition) is 1. The third kappa shape index (κ3) is 3.98. The minimum absolute atomic E-state index is 0.333. The second-order valence-electron chi connectivity index (χ2n) is 3.60. The predicted molar refractivity (Wildman–Crippen MR) is 61.9 cm³/mol. The van der Waals surface area contributed by atoms with Gasteiger partial charge in [0.15, 0.2) is 0 Å². The molecule has 1 unspecified atom stereocenters. The van der Waals surface area contributed by atoms with Gasteiger partial charge in [-0.1, -0.05) is 0 Å². The van der Waals surface area contributed by atoms with Crippen LogP contribution in [0.5, 0.6) is 0 Å². The maximum Gasteiger partial charge on any atom is 0.0590 e. The van der Waals surface area contributed by atoms with Gasteiger partial charge in [0.2, 0.25) is 0 Å². The van der Waals surface area contributed by atoms with E-state index in [0.717, 1.165) is 19.8 Å². The molecular weight excluding hydrogens is 188 g/mol. The largest absolute Gasteiger partial charge is 0.380 e. The molecule has 0 saturated heterocycles. The van der Waals surface area contributed by atoms with Crippen molar-refractivity contribution in [3.63, 3.8) is 0 Å². The molecule has 3 nitrogen and oxygen atoms in total. The third-order valence-corrected chi connectivity index (χ3v) is 2.45. The number of hydrogen-bond acceptors (Lipinski definition) is 3. The minimum Gasteiger partial charge on any atom is -0.380 e. The molecule has 1 N–H and O–H groups in total. The Morgan fingerprint density at radius 3 is 3.00 bits per heavy atom. The van der Waals surface area contributed by atoms with Crippen molar-refractivity contribution in [2.24, 2.45) is 0 Å². The molecule has 1 heterocycles. The minimum atomic E-state index is 0.333. The van der Waals surface area contributed by atoms with Crippen molar-refractivity contribution in [3.05, 3.63) is 29.6 Å². The van der Waals surface area contributed by atoms with Gasteiger partial charge in [-0.3, -0.25) is 4.98 Å². The fraction of sp³-hybridized carbons (Fsp3) is 0.583. The van der Waals surface area contributed by atoms with Crippen LogP contribution in [0.4, 0.5) is 0 Å². The first-order valence-electron chi connectivity index (χ1n) is 5.47. The van der Waals surface area contributed by atoms with Crippen LogP contribution in [0.3, 0.4) is 0 Å². The Morgan fingerprint density at radius 2 is 2.33 bits per heavy atom. The van der Waals surface area contributed by atoms with Gasteiger partial charge in [-0.15, -0.1) is 0 Å². The highest BCUT2D eigenvalue weighted by molar-refractivity contribution is 5.24. The molecule has 0 saturated carbocycles. The van der Waals surface area contributed by atoms with Crippen molar-refractivity contribution in [1.82, 2.24) is 10.3 Å². The Hall–Kier alpha value is -0.930. The first-order chi connectivity index (χ1) is 7.25. The molecule has 0 aromatic carbocycles. The molecule has 0 radical (unpaired) electrons.